The summed E-state index contributed by atoms with van der Waals surface area (Å²) in [4.78, 5) is 12.4. The standard InChI is InChI=1S/C13H16F2N2O3S/c1-8(13(18)17-4-2-3-5-17)21(19,20)12-10(14)6-9(16)7-11(12)15/h6-8H,2-5,16H2,1H3. The van der Waals surface area contributed by atoms with Gasteiger partial charge in [0.2, 0.25) is 5.91 Å². The number of anilines is 1. The lowest BCUT2D eigenvalue weighted by molar-refractivity contribution is -0.129. The van der Waals surface area contributed by atoms with Crippen molar-refractivity contribution >= 4 is 21.4 Å². The van der Waals surface area contributed by atoms with Crippen molar-refractivity contribution in [3.63, 3.8) is 0 Å². The second kappa shape index (κ2) is 5.59. The van der Waals surface area contributed by atoms with E-state index in [1.807, 2.05) is 0 Å². The number of amides is 1. The molecule has 0 spiro atoms. The van der Waals surface area contributed by atoms with Gasteiger partial charge in [-0.2, -0.15) is 0 Å². The van der Waals surface area contributed by atoms with Crippen molar-refractivity contribution in [2.45, 2.75) is 29.9 Å². The summed E-state index contributed by atoms with van der Waals surface area (Å²) in [6, 6.07) is 1.45. The average molecular weight is 318 g/mol. The molecule has 116 valence electrons. The lowest BCUT2D eigenvalue weighted by Crippen LogP contribution is -2.40. The highest BCUT2D eigenvalue weighted by Crippen LogP contribution is 2.26. The first kappa shape index (κ1) is 15.7. The maximum atomic E-state index is 13.8. The van der Waals surface area contributed by atoms with Crippen LogP contribution in [0.3, 0.4) is 0 Å². The fourth-order valence-electron chi connectivity index (χ4n) is 2.36. The van der Waals surface area contributed by atoms with Gasteiger partial charge in [0.25, 0.3) is 0 Å². The summed E-state index contributed by atoms with van der Waals surface area (Å²) in [5, 5.41) is -1.54. The molecular formula is C13H16F2N2O3S. The molecule has 1 amide bonds. The number of hydrogen-bond donors (Lipinski definition) is 1. The number of rotatable bonds is 3. The van der Waals surface area contributed by atoms with Crippen molar-refractivity contribution in [2.75, 3.05) is 18.8 Å². The van der Waals surface area contributed by atoms with Gasteiger partial charge in [-0.05, 0) is 31.9 Å². The van der Waals surface area contributed by atoms with Gasteiger partial charge in [-0.15, -0.1) is 0 Å². The molecule has 1 heterocycles. The van der Waals surface area contributed by atoms with Crippen LogP contribution in [0.2, 0.25) is 0 Å². The van der Waals surface area contributed by atoms with Crippen LogP contribution in [0.25, 0.3) is 0 Å². The minimum atomic E-state index is -4.45. The van der Waals surface area contributed by atoms with E-state index in [4.69, 9.17) is 5.73 Å². The summed E-state index contributed by atoms with van der Waals surface area (Å²) in [6.45, 7) is 2.07. The van der Waals surface area contributed by atoms with E-state index in [1.54, 1.807) is 0 Å². The van der Waals surface area contributed by atoms with Gasteiger partial charge in [0.1, 0.15) is 21.8 Å². The van der Waals surface area contributed by atoms with E-state index in [-0.39, 0.29) is 5.69 Å². The molecule has 0 saturated carbocycles. The van der Waals surface area contributed by atoms with Crippen LogP contribution in [-0.4, -0.2) is 37.6 Å². The first-order chi connectivity index (χ1) is 9.75. The van der Waals surface area contributed by atoms with Gasteiger partial charge in [0.05, 0.1) is 0 Å². The van der Waals surface area contributed by atoms with Crippen LogP contribution in [0.5, 0.6) is 0 Å². The first-order valence-electron chi connectivity index (χ1n) is 6.52. The molecule has 5 nitrogen and oxygen atoms in total. The molecule has 0 radical (unpaired) electrons. The molecule has 1 aromatic carbocycles. The summed E-state index contributed by atoms with van der Waals surface area (Å²) in [7, 11) is -4.45. The molecule has 1 atom stereocenters. The molecule has 0 aromatic heterocycles. The van der Waals surface area contributed by atoms with Crippen molar-refractivity contribution in [1.82, 2.24) is 4.90 Å². The van der Waals surface area contributed by atoms with E-state index >= 15 is 0 Å². The van der Waals surface area contributed by atoms with E-state index in [9.17, 15) is 22.0 Å². The Bertz CT molecular complexity index is 647. The summed E-state index contributed by atoms with van der Waals surface area (Å²) < 4.78 is 52.2. The molecule has 8 heteroatoms. The molecule has 1 saturated heterocycles. The predicted molar refractivity (Wildman–Crippen MR) is 73.2 cm³/mol. The molecule has 1 aliphatic heterocycles. The number of likely N-dealkylation sites (tertiary alicyclic amines) is 1. The molecule has 2 rings (SSSR count). The fourth-order valence-corrected chi connectivity index (χ4v) is 3.78. The van der Waals surface area contributed by atoms with Crippen LogP contribution in [-0.2, 0) is 14.6 Å². The molecule has 21 heavy (non-hydrogen) atoms. The molecule has 1 fully saturated rings. The fraction of sp³-hybridized carbons (Fsp3) is 0.462. The lowest BCUT2D eigenvalue weighted by Gasteiger charge is -2.20. The first-order valence-corrected chi connectivity index (χ1v) is 8.07. The molecule has 2 N–H and O–H groups in total. The van der Waals surface area contributed by atoms with E-state index in [2.05, 4.69) is 0 Å². The number of nitrogen functional groups attached to an aromatic ring is 1. The number of benzene rings is 1. The van der Waals surface area contributed by atoms with Gasteiger partial charge < -0.3 is 10.6 Å². The summed E-state index contributed by atoms with van der Waals surface area (Å²) in [6.07, 6.45) is 1.59. The Hall–Kier alpha value is -1.70. The number of carbonyl (C=O) groups excluding carboxylic acids is 1. The summed E-state index contributed by atoms with van der Waals surface area (Å²) in [5.41, 5.74) is 5.04. The second-order valence-electron chi connectivity index (χ2n) is 5.03. The second-order valence-corrected chi connectivity index (χ2v) is 7.24. The highest BCUT2D eigenvalue weighted by molar-refractivity contribution is 7.92. The smallest absolute Gasteiger partial charge is 0.241 e. The van der Waals surface area contributed by atoms with Crippen LogP contribution in [0.4, 0.5) is 14.5 Å². The Kier molecular flexibility index (Phi) is 4.18. The molecule has 1 aliphatic rings. The third-order valence-corrected chi connectivity index (χ3v) is 5.63. The van der Waals surface area contributed by atoms with Gasteiger partial charge >= 0.3 is 0 Å². The van der Waals surface area contributed by atoms with Crippen molar-refractivity contribution in [2.24, 2.45) is 0 Å². The van der Waals surface area contributed by atoms with Crippen molar-refractivity contribution in [3.05, 3.63) is 23.8 Å². The third-order valence-electron chi connectivity index (χ3n) is 3.54. The van der Waals surface area contributed by atoms with E-state index in [1.165, 1.54) is 4.90 Å². The van der Waals surface area contributed by atoms with Gasteiger partial charge in [0.15, 0.2) is 9.84 Å². The van der Waals surface area contributed by atoms with Crippen LogP contribution >= 0.6 is 0 Å². The predicted octanol–water partition coefficient (Wildman–Crippen LogP) is 1.33. The normalized spacial score (nSPS) is 17.0. The number of nitrogens with zero attached hydrogens (tertiary/aromatic N) is 1. The van der Waals surface area contributed by atoms with Gasteiger partial charge in [-0.3, -0.25) is 4.79 Å². The van der Waals surface area contributed by atoms with Crippen LogP contribution < -0.4 is 5.73 Å². The largest absolute Gasteiger partial charge is 0.399 e. The zero-order chi connectivity index (χ0) is 15.8. The maximum absolute atomic E-state index is 13.8. The Labute approximate surface area is 121 Å². The van der Waals surface area contributed by atoms with Crippen molar-refractivity contribution < 1.29 is 22.0 Å². The quantitative estimate of drug-likeness (QED) is 0.853. The van der Waals surface area contributed by atoms with Crippen molar-refractivity contribution in [3.8, 4) is 0 Å². The van der Waals surface area contributed by atoms with Crippen LogP contribution in [0.1, 0.15) is 19.8 Å². The number of halogens is 2. The number of carbonyl (C=O) groups is 1. The van der Waals surface area contributed by atoms with Gasteiger partial charge in [0, 0.05) is 18.8 Å². The van der Waals surface area contributed by atoms with Gasteiger partial charge in [-0.1, -0.05) is 0 Å². The lowest BCUT2D eigenvalue weighted by atomic mass is 10.3. The highest BCUT2D eigenvalue weighted by atomic mass is 32.2. The molecule has 1 unspecified atom stereocenters. The van der Waals surface area contributed by atoms with Crippen LogP contribution in [0.15, 0.2) is 17.0 Å². The van der Waals surface area contributed by atoms with E-state index in [0.717, 1.165) is 31.9 Å². The van der Waals surface area contributed by atoms with E-state index < -0.39 is 37.5 Å². The molecule has 0 bridgehead atoms. The zero-order valence-corrected chi connectivity index (χ0v) is 12.3. The number of nitrogens with two attached hydrogens (primary N) is 1. The highest BCUT2D eigenvalue weighted by Gasteiger charge is 2.37. The van der Waals surface area contributed by atoms with Gasteiger partial charge in [-0.25, -0.2) is 17.2 Å². The molecule has 0 aliphatic carbocycles. The summed E-state index contributed by atoms with van der Waals surface area (Å²) >= 11 is 0. The molecular weight excluding hydrogens is 302 g/mol. The molecule has 1 aromatic rings. The topological polar surface area (TPSA) is 80.5 Å². The van der Waals surface area contributed by atoms with Crippen molar-refractivity contribution in [1.29, 1.82) is 0 Å². The minimum absolute atomic E-state index is 0.220. The number of sulfone groups is 1. The SMILES string of the molecule is CC(C(=O)N1CCCC1)S(=O)(=O)c1c(F)cc(N)cc1F. The Morgan fingerprint density at radius 2 is 1.71 bits per heavy atom. The minimum Gasteiger partial charge on any atom is -0.399 e. The third kappa shape index (κ3) is 2.85. The summed E-state index contributed by atoms with van der Waals surface area (Å²) in [5.74, 6) is -3.20. The zero-order valence-electron chi connectivity index (χ0n) is 11.5. The van der Waals surface area contributed by atoms with E-state index in [0.29, 0.717) is 13.1 Å². The Morgan fingerprint density at radius 3 is 2.19 bits per heavy atom. The average Bonchev–Trinajstić information content (AvgIpc) is 2.89. The number of hydrogen-bond acceptors (Lipinski definition) is 4. The Balaban J connectivity index is 2.40. The maximum Gasteiger partial charge on any atom is 0.241 e. The Morgan fingerprint density at radius 1 is 1.24 bits per heavy atom. The monoisotopic (exact) mass is 318 g/mol. The van der Waals surface area contributed by atoms with Crippen LogP contribution in [0, 0.1) is 11.6 Å².